The van der Waals surface area contributed by atoms with Crippen molar-refractivity contribution in [3.63, 3.8) is 0 Å². The molecule has 0 unspecified atom stereocenters. The summed E-state index contributed by atoms with van der Waals surface area (Å²) in [6.45, 7) is 0. The highest BCUT2D eigenvalue weighted by atomic mass is 16.5. The third-order valence-electron chi connectivity index (χ3n) is 4.45. The van der Waals surface area contributed by atoms with E-state index in [1.807, 2.05) is 24.3 Å². The quantitative estimate of drug-likeness (QED) is 0.496. The molecule has 27 heavy (non-hydrogen) atoms. The van der Waals surface area contributed by atoms with Crippen LogP contribution in [-0.4, -0.2) is 37.5 Å². The van der Waals surface area contributed by atoms with Gasteiger partial charge < -0.3 is 14.5 Å². The zero-order chi connectivity index (χ0) is 18.4. The van der Waals surface area contributed by atoms with E-state index in [2.05, 4.69) is 31.0 Å². The van der Waals surface area contributed by atoms with Gasteiger partial charge in [0, 0.05) is 5.56 Å². The Balaban J connectivity index is 1.79. The fourth-order valence-corrected chi connectivity index (χ4v) is 3.23. The van der Waals surface area contributed by atoms with E-state index in [-0.39, 0.29) is 5.56 Å². The number of fused-ring (bicyclic) bond motifs is 2. The summed E-state index contributed by atoms with van der Waals surface area (Å²) in [5.41, 5.74) is 1.96. The van der Waals surface area contributed by atoms with Crippen LogP contribution in [0.25, 0.3) is 11.5 Å². The average molecular weight is 363 g/mol. The second kappa shape index (κ2) is 5.80. The van der Waals surface area contributed by atoms with Gasteiger partial charge in [-0.3, -0.25) is 4.79 Å². The molecule has 10 nitrogen and oxygen atoms in total. The van der Waals surface area contributed by atoms with Crippen molar-refractivity contribution in [1.82, 2.24) is 30.4 Å². The van der Waals surface area contributed by atoms with Gasteiger partial charge in [0.05, 0.1) is 13.4 Å². The van der Waals surface area contributed by atoms with E-state index in [0.29, 0.717) is 28.7 Å². The third kappa shape index (κ3) is 2.30. The molecule has 4 heterocycles. The molecular weight excluding hydrogens is 350 g/mol. The molecule has 4 aromatic rings. The van der Waals surface area contributed by atoms with Crippen LogP contribution in [0.1, 0.15) is 17.2 Å². The highest BCUT2D eigenvalue weighted by Crippen LogP contribution is 2.41. The lowest BCUT2D eigenvalue weighted by atomic mass is 9.94. The Kier molecular flexibility index (Phi) is 3.29. The summed E-state index contributed by atoms with van der Waals surface area (Å²) < 4.78 is 12.4. The number of furan rings is 1. The first kappa shape index (κ1) is 15.3. The molecule has 1 atom stereocenters. The van der Waals surface area contributed by atoms with Crippen molar-refractivity contribution < 1.29 is 9.15 Å². The van der Waals surface area contributed by atoms with Crippen molar-refractivity contribution in [3.8, 4) is 17.2 Å². The number of hydrogen-bond donors (Lipinski definition) is 2. The maximum Gasteiger partial charge on any atom is 0.288 e. The van der Waals surface area contributed by atoms with Gasteiger partial charge in [-0.25, -0.2) is 5.10 Å². The number of hydrogen-bond acceptors (Lipinski definition) is 8. The number of tetrazole rings is 1. The molecule has 0 amide bonds. The van der Waals surface area contributed by atoms with Crippen LogP contribution in [0.3, 0.4) is 0 Å². The zero-order valence-corrected chi connectivity index (χ0v) is 14.1. The zero-order valence-electron chi connectivity index (χ0n) is 14.1. The Hall–Kier alpha value is -3.95. The Labute approximate surface area is 151 Å². The van der Waals surface area contributed by atoms with E-state index in [0.717, 1.165) is 11.3 Å². The first-order valence-corrected chi connectivity index (χ1v) is 8.11. The lowest BCUT2D eigenvalue weighted by molar-refractivity contribution is 0.414. The van der Waals surface area contributed by atoms with Crippen molar-refractivity contribution in [2.75, 3.05) is 12.4 Å². The summed E-state index contributed by atoms with van der Waals surface area (Å²) in [7, 11) is 1.60. The summed E-state index contributed by atoms with van der Waals surface area (Å²) in [6.07, 6.45) is 1.55. The van der Waals surface area contributed by atoms with Crippen molar-refractivity contribution in [1.29, 1.82) is 0 Å². The van der Waals surface area contributed by atoms with Crippen LogP contribution in [-0.2, 0) is 0 Å². The number of aromatic nitrogens is 6. The Morgan fingerprint density at radius 2 is 2.07 bits per heavy atom. The van der Waals surface area contributed by atoms with Crippen molar-refractivity contribution >= 4 is 11.6 Å². The lowest BCUT2D eigenvalue weighted by Crippen LogP contribution is -2.29. The van der Waals surface area contributed by atoms with E-state index in [1.165, 1.54) is 0 Å². The van der Waals surface area contributed by atoms with Gasteiger partial charge in [0.2, 0.25) is 5.95 Å². The van der Waals surface area contributed by atoms with Crippen LogP contribution in [0.2, 0.25) is 0 Å². The monoisotopic (exact) mass is 363 g/mol. The first-order chi connectivity index (χ1) is 13.3. The molecule has 0 fully saturated rings. The number of methoxy groups -OCH3 is 1. The minimum absolute atomic E-state index is 0.333. The normalized spacial score (nSPS) is 14.9. The minimum Gasteiger partial charge on any atom is -0.497 e. The fraction of sp³-hybridized carbons (Fsp3) is 0.118. The number of rotatable bonds is 3. The molecule has 1 aromatic carbocycles. The Morgan fingerprint density at radius 3 is 2.81 bits per heavy atom. The number of H-pyrrole nitrogens is 1. The van der Waals surface area contributed by atoms with Crippen molar-refractivity contribution in [2.24, 2.45) is 0 Å². The molecule has 134 valence electrons. The highest BCUT2D eigenvalue weighted by Gasteiger charge is 2.34. The molecule has 1 aliphatic heterocycles. The van der Waals surface area contributed by atoms with E-state index in [4.69, 9.17) is 9.15 Å². The molecule has 0 spiro atoms. The summed E-state index contributed by atoms with van der Waals surface area (Å²) in [4.78, 5) is 12.5. The molecule has 0 saturated carbocycles. The van der Waals surface area contributed by atoms with Gasteiger partial charge in [-0.2, -0.15) is 9.78 Å². The molecular formula is C17H13N7O3. The second-order valence-corrected chi connectivity index (χ2v) is 5.92. The average Bonchev–Trinajstić information content (AvgIpc) is 3.39. The molecule has 1 aliphatic rings. The number of aromatic amines is 1. The molecule has 5 rings (SSSR count). The largest absolute Gasteiger partial charge is 0.497 e. The second-order valence-electron chi connectivity index (χ2n) is 5.92. The van der Waals surface area contributed by atoms with Crippen LogP contribution in [0.15, 0.2) is 51.9 Å². The smallest absolute Gasteiger partial charge is 0.288 e. The summed E-state index contributed by atoms with van der Waals surface area (Å²) in [5.74, 6) is 1.62. The van der Waals surface area contributed by atoms with Crippen LogP contribution < -0.4 is 15.6 Å². The number of nitrogens with zero attached hydrogens (tertiary/aromatic N) is 5. The summed E-state index contributed by atoms with van der Waals surface area (Å²) >= 11 is 0. The van der Waals surface area contributed by atoms with Crippen LogP contribution in [0.4, 0.5) is 11.6 Å². The maximum atomic E-state index is 12.5. The fourth-order valence-electron chi connectivity index (χ4n) is 3.23. The number of anilines is 2. The van der Waals surface area contributed by atoms with Gasteiger partial charge >= 0.3 is 0 Å². The van der Waals surface area contributed by atoms with Crippen molar-refractivity contribution in [2.45, 2.75) is 6.04 Å². The van der Waals surface area contributed by atoms with Gasteiger partial charge in [0.25, 0.3) is 5.56 Å². The van der Waals surface area contributed by atoms with E-state index >= 15 is 0 Å². The molecule has 0 bridgehead atoms. The van der Waals surface area contributed by atoms with Gasteiger partial charge in [-0.05, 0) is 40.3 Å². The van der Waals surface area contributed by atoms with E-state index in [9.17, 15) is 4.79 Å². The predicted molar refractivity (Wildman–Crippen MR) is 93.9 cm³/mol. The molecule has 10 heteroatoms. The van der Waals surface area contributed by atoms with Crippen LogP contribution in [0.5, 0.6) is 5.75 Å². The molecule has 0 aliphatic carbocycles. The van der Waals surface area contributed by atoms with Gasteiger partial charge in [0.15, 0.2) is 5.76 Å². The number of benzene rings is 1. The van der Waals surface area contributed by atoms with Crippen LogP contribution in [0, 0.1) is 0 Å². The van der Waals surface area contributed by atoms with E-state index < -0.39 is 6.04 Å². The lowest BCUT2D eigenvalue weighted by Gasteiger charge is -2.27. The Bertz CT molecular complexity index is 1160. The van der Waals surface area contributed by atoms with Crippen molar-refractivity contribution in [3.05, 3.63) is 64.1 Å². The highest BCUT2D eigenvalue weighted by molar-refractivity contribution is 5.73. The maximum absolute atomic E-state index is 12.5. The van der Waals surface area contributed by atoms with Gasteiger partial charge in [-0.15, -0.1) is 0 Å². The third-order valence-corrected chi connectivity index (χ3v) is 4.45. The van der Waals surface area contributed by atoms with Gasteiger partial charge in [-0.1, -0.05) is 17.2 Å². The molecule has 2 N–H and O–H groups in total. The number of nitrogens with one attached hydrogen (secondary N) is 2. The standard InChI is InChI=1S/C17H13N7O3/c1-26-10-6-4-9(5-7-10)15-12-13(11-3-2-8-27-11)19-20-16(25)14(12)18-17-21-22-23-24(15)17/h2-8,15H,1H3,(H,20,25)(H,18,21,23)/t15-/m1/s1. The van der Waals surface area contributed by atoms with E-state index in [1.54, 1.807) is 30.2 Å². The van der Waals surface area contributed by atoms with Gasteiger partial charge in [0.1, 0.15) is 23.2 Å². The Morgan fingerprint density at radius 1 is 1.22 bits per heavy atom. The predicted octanol–water partition coefficient (Wildman–Crippen LogP) is 1.72. The molecule has 3 aromatic heterocycles. The summed E-state index contributed by atoms with van der Waals surface area (Å²) in [5, 5.41) is 21.5. The topological polar surface area (TPSA) is 124 Å². The first-order valence-electron chi connectivity index (χ1n) is 8.11. The molecule has 0 saturated heterocycles. The minimum atomic E-state index is -0.466. The van der Waals surface area contributed by atoms with Crippen LogP contribution >= 0.6 is 0 Å². The SMILES string of the molecule is COc1ccc([C@@H]2c3c(-c4ccco4)n[nH]c(=O)c3Nc3nnnn32)cc1. The summed E-state index contributed by atoms with van der Waals surface area (Å²) in [6, 6.07) is 10.6. The number of ether oxygens (including phenoxy) is 1. The molecule has 0 radical (unpaired) electrons.